The van der Waals surface area contributed by atoms with Crippen molar-refractivity contribution < 1.29 is 18.5 Å². The van der Waals surface area contributed by atoms with E-state index in [0.717, 1.165) is 18.7 Å². The maximum atomic E-state index is 12.7. The van der Waals surface area contributed by atoms with E-state index in [1.54, 1.807) is 30.5 Å². The first-order valence-electron chi connectivity index (χ1n) is 12.0. The molecule has 1 fully saturated rings. The molecular formula is C26H31N5O4. The summed E-state index contributed by atoms with van der Waals surface area (Å²) < 4.78 is 10.6. The van der Waals surface area contributed by atoms with E-state index in [0.29, 0.717) is 63.0 Å². The van der Waals surface area contributed by atoms with Crippen LogP contribution in [0.3, 0.4) is 0 Å². The average Bonchev–Trinajstić information content (AvgIpc) is 3.58. The highest BCUT2D eigenvalue weighted by Crippen LogP contribution is 2.11. The average molecular weight is 478 g/mol. The Balaban J connectivity index is 1.19. The van der Waals surface area contributed by atoms with Crippen LogP contribution in [-0.4, -0.2) is 69.4 Å². The van der Waals surface area contributed by atoms with Crippen LogP contribution in [-0.2, 0) is 29.1 Å². The number of rotatable bonds is 10. The van der Waals surface area contributed by atoms with E-state index in [-0.39, 0.29) is 11.8 Å². The lowest BCUT2D eigenvalue weighted by molar-refractivity contribution is -0.131. The molecule has 0 bridgehead atoms. The van der Waals surface area contributed by atoms with Crippen molar-refractivity contribution in [2.24, 2.45) is 0 Å². The van der Waals surface area contributed by atoms with Gasteiger partial charge >= 0.3 is 0 Å². The first-order chi connectivity index (χ1) is 17.1. The zero-order valence-corrected chi connectivity index (χ0v) is 20.0. The molecule has 35 heavy (non-hydrogen) atoms. The van der Waals surface area contributed by atoms with E-state index in [2.05, 4.69) is 15.0 Å². The Bertz CT molecular complexity index is 1100. The van der Waals surface area contributed by atoms with Crippen LogP contribution < -0.4 is 0 Å². The van der Waals surface area contributed by atoms with Gasteiger partial charge in [0.1, 0.15) is 5.76 Å². The van der Waals surface area contributed by atoms with Gasteiger partial charge in [-0.05, 0) is 30.7 Å². The normalized spacial score (nSPS) is 14.5. The van der Waals surface area contributed by atoms with Crippen LogP contribution >= 0.6 is 0 Å². The van der Waals surface area contributed by atoms with Crippen molar-refractivity contribution in [3.05, 3.63) is 77.8 Å². The molecule has 0 spiro atoms. The minimum absolute atomic E-state index is 0.0269. The third-order valence-electron chi connectivity index (χ3n) is 6.00. The van der Waals surface area contributed by atoms with Crippen molar-refractivity contribution in [1.29, 1.82) is 0 Å². The summed E-state index contributed by atoms with van der Waals surface area (Å²) >= 11 is 0. The lowest BCUT2D eigenvalue weighted by Gasteiger charge is -2.33. The summed E-state index contributed by atoms with van der Waals surface area (Å²) in [5.74, 6) is 1.77. The van der Waals surface area contributed by atoms with Gasteiger partial charge in [0.15, 0.2) is 5.82 Å². The Morgan fingerprint density at radius 1 is 1.09 bits per heavy atom. The standard InChI is InChI=1S/C26H31N5O4/c1-2-30(19-21-7-4-3-5-8-21)25(32)13-11-24-27-23(28-35-24)20-29-14-16-31(17-15-29)26(33)12-10-22-9-6-18-34-22/h3-10,12,18H,2,11,13-17,19-20H2,1H3/b12-10+. The molecule has 0 atom stereocenters. The molecule has 9 heteroatoms. The second kappa shape index (κ2) is 12.1. The number of nitrogens with zero attached hydrogens (tertiary/aromatic N) is 5. The highest BCUT2D eigenvalue weighted by Gasteiger charge is 2.21. The molecule has 0 saturated carbocycles. The summed E-state index contributed by atoms with van der Waals surface area (Å²) in [6, 6.07) is 13.6. The summed E-state index contributed by atoms with van der Waals surface area (Å²) in [5.41, 5.74) is 1.11. The molecule has 3 aromatic rings. The summed E-state index contributed by atoms with van der Waals surface area (Å²) in [7, 11) is 0. The molecule has 2 amide bonds. The van der Waals surface area contributed by atoms with Crippen LogP contribution in [0.1, 0.15) is 36.4 Å². The van der Waals surface area contributed by atoms with Gasteiger partial charge in [0, 0.05) is 58.2 Å². The number of piperazine rings is 1. The smallest absolute Gasteiger partial charge is 0.246 e. The van der Waals surface area contributed by atoms with Crippen LogP contribution in [0, 0.1) is 0 Å². The number of carbonyl (C=O) groups is 2. The van der Waals surface area contributed by atoms with Crippen molar-refractivity contribution >= 4 is 17.9 Å². The molecule has 2 aromatic heterocycles. The van der Waals surface area contributed by atoms with Crippen molar-refractivity contribution in [2.75, 3.05) is 32.7 Å². The molecule has 1 aromatic carbocycles. The van der Waals surface area contributed by atoms with Gasteiger partial charge in [-0.25, -0.2) is 0 Å². The molecule has 1 saturated heterocycles. The fourth-order valence-corrected chi connectivity index (χ4v) is 3.98. The lowest BCUT2D eigenvalue weighted by Crippen LogP contribution is -2.47. The predicted octanol–water partition coefficient (Wildman–Crippen LogP) is 3.00. The minimum atomic E-state index is -0.0269. The number of hydrogen-bond donors (Lipinski definition) is 0. The quantitative estimate of drug-likeness (QED) is 0.414. The van der Waals surface area contributed by atoms with E-state index in [1.807, 2.05) is 47.1 Å². The maximum absolute atomic E-state index is 12.7. The molecule has 0 radical (unpaired) electrons. The predicted molar refractivity (Wildman–Crippen MR) is 130 cm³/mol. The zero-order valence-electron chi connectivity index (χ0n) is 20.0. The Kier molecular flexibility index (Phi) is 8.45. The van der Waals surface area contributed by atoms with Gasteiger partial charge in [-0.2, -0.15) is 4.98 Å². The molecule has 0 unspecified atom stereocenters. The molecule has 0 N–H and O–H groups in total. The number of aryl methyl sites for hydroxylation is 1. The van der Waals surface area contributed by atoms with Crippen LogP contribution in [0.4, 0.5) is 0 Å². The van der Waals surface area contributed by atoms with E-state index >= 15 is 0 Å². The van der Waals surface area contributed by atoms with Crippen LogP contribution in [0.15, 0.2) is 63.7 Å². The number of furan rings is 1. The van der Waals surface area contributed by atoms with Crippen molar-refractivity contribution in [3.8, 4) is 0 Å². The number of hydrogen-bond acceptors (Lipinski definition) is 7. The van der Waals surface area contributed by atoms with Gasteiger partial charge in [0.2, 0.25) is 17.7 Å². The van der Waals surface area contributed by atoms with E-state index < -0.39 is 0 Å². The van der Waals surface area contributed by atoms with Crippen LogP contribution in [0.25, 0.3) is 6.08 Å². The number of benzene rings is 1. The number of amides is 2. The second-order valence-corrected chi connectivity index (χ2v) is 8.45. The SMILES string of the molecule is CCN(Cc1ccccc1)C(=O)CCc1nc(CN2CCN(C(=O)/C=C/c3ccco3)CC2)no1. The molecule has 1 aliphatic rings. The maximum Gasteiger partial charge on any atom is 0.246 e. The number of aromatic nitrogens is 2. The van der Waals surface area contributed by atoms with Crippen LogP contribution in [0.5, 0.6) is 0 Å². The third kappa shape index (κ3) is 7.13. The Morgan fingerprint density at radius 2 is 1.89 bits per heavy atom. The van der Waals surface area contributed by atoms with Gasteiger partial charge in [-0.3, -0.25) is 14.5 Å². The monoisotopic (exact) mass is 477 g/mol. The van der Waals surface area contributed by atoms with E-state index in [9.17, 15) is 9.59 Å². The summed E-state index contributed by atoms with van der Waals surface area (Å²) in [6.45, 7) is 6.50. The van der Waals surface area contributed by atoms with Gasteiger partial charge in [-0.15, -0.1) is 0 Å². The Labute approximate surface area is 205 Å². The van der Waals surface area contributed by atoms with E-state index in [1.165, 1.54) is 0 Å². The highest BCUT2D eigenvalue weighted by molar-refractivity contribution is 5.91. The third-order valence-corrected chi connectivity index (χ3v) is 6.00. The molecule has 9 nitrogen and oxygen atoms in total. The van der Waals surface area contributed by atoms with Crippen molar-refractivity contribution in [2.45, 2.75) is 32.9 Å². The minimum Gasteiger partial charge on any atom is -0.465 e. The van der Waals surface area contributed by atoms with Gasteiger partial charge in [0.25, 0.3) is 0 Å². The van der Waals surface area contributed by atoms with Crippen molar-refractivity contribution in [3.63, 3.8) is 0 Å². The highest BCUT2D eigenvalue weighted by atomic mass is 16.5. The van der Waals surface area contributed by atoms with Crippen molar-refractivity contribution in [1.82, 2.24) is 24.8 Å². The topological polar surface area (TPSA) is 95.9 Å². The van der Waals surface area contributed by atoms with E-state index in [4.69, 9.17) is 8.94 Å². The summed E-state index contributed by atoms with van der Waals surface area (Å²) in [4.78, 5) is 35.3. The molecule has 4 rings (SSSR count). The Hall–Kier alpha value is -3.72. The first-order valence-corrected chi connectivity index (χ1v) is 12.0. The fraction of sp³-hybridized carbons (Fsp3) is 0.385. The first kappa shape index (κ1) is 24.4. The van der Waals surface area contributed by atoms with Gasteiger partial charge < -0.3 is 18.7 Å². The van der Waals surface area contributed by atoms with Crippen LogP contribution in [0.2, 0.25) is 0 Å². The molecule has 1 aliphatic heterocycles. The largest absolute Gasteiger partial charge is 0.465 e. The van der Waals surface area contributed by atoms with Gasteiger partial charge in [0.05, 0.1) is 12.8 Å². The number of carbonyl (C=O) groups excluding carboxylic acids is 2. The summed E-state index contributed by atoms with van der Waals surface area (Å²) in [6.07, 6.45) is 5.55. The zero-order chi connectivity index (χ0) is 24.5. The molecular weight excluding hydrogens is 446 g/mol. The van der Waals surface area contributed by atoms with Gasteiger partial charge in [-0.1, -0.05) is 35.5 Å². The summed E-state index contributed by atoms with van der Waals surface area (Å²) in [5, 5.41) is 4.08. The fourth-order valence-electron chi connectivity index (χ4n) is 3.98. The lowest BCUT2D eigenvalue weighted by atomic mass is 10.2. The molecule has 3 heterocycles. The molecule has 184 valence electrons. The second-order valence-electron chi connectivity index (χ2n) is 8.45. The Morgan fingerprint density at radius 3 is 2.60 bits per heavy atom. The molecule has 0 aliphatic carbocycles.